The summed E-state index contributed by atoms with van der Waals surface area (Å²) in [6.45, 7) is 4.23. The van der Waals surface area contributed by atoms with Crippen molar-refractivity contribution in [3.63, 3.8) is 0 Å². The summed E-state index contributed by atoms with van der Waals surface area (Å²) in [4.78, 5) is 53.5. The number of unbranched alkanes of at least 4 members (excludes halogenated alkanes) is 1. The molecular formula is C28H40N5O10S-. The van der Waals surface area contributed by atoms with Crippen LogP contribution in [0.1, 0.15) is 64.1 Å². The van der Waals surface area contributed by atoms with E-state index in [2.05, 4.69) is 19.9 Å². The number of carbonyl (C=O) groups excluding carboxylic acids is 1. The first-order chi connectivity index (χ1) is 20.9. The molecular weight excluding hydrogens is 598 g/mol. The number of benzene rings is 1. The predicted molar refractivity (Wildman–Crippen MR) is 158 cm³/mol. The summed E-state index contributed by atoms with van der Waals surface area (Å²) in [5.41, 5.74) is -0.866. The molecule has 1 amide bonds. The van der Waals surface area contributed by atoms with Gasteiger partial charge in [-0.3, -0.25) is 28.3 Å². The maximum Gasteiger partial charge on any atom is 0.303 e. The van der Waals surface area contributed by atoms with Crippen LogP contribution in [-0.2, 0) is 43.5 Å². The average Bonchev–Trinajstić information content (AvgIpc) is 3.39. The van der Waals surface area contributed by atoms with Crippen LogP contribution in [0.25, 0.3) is 0 Å². The maximum atomic E-state index is 13.1. The Bertz CT molecular complexity index is 1210. The van der Waals surface area contributed by atoms with Gasteiger partial charge in [-0.25, -0.2) is 4.98 Å². The summed E-state index contributed by atoms with van der Waals surface area (Å²) in [5, 5.41) is 30.4. The van der Waals surface area contributed by atoms with Gasteiger partial charge in [0.25, 0.3) is 0 Å². The van der Waals surface area contributed by atoms with Crippen LogP contribution in [0.2, 0.25) is 0 Å². The Morgan fingerprint density at radius 1 is 1.00 bits per heavy atom. The van der Waals surface area contributed by atoms with E-state index >= 15 is 0 Å². The molecule has 0 bridgehead atoms. The molecule has 1 aromatic carbocycles. The highest BCUT2D eigenvalue weighted by atomic mass is 32.2. The molecule has 0 aliphatic rings. The topological polar surface area (TPSA) is 223 Å². The van der Waals surface area contributed by atoms with Crippen LogP contribution in [0, 0.1) is 0 Å². The summed E-state index contributed by atoms with van der Waals surface area (Å²) in [6.07, 6.45) is 3.39. The number of aromatic nitrogens is 2. The Hall–Kier alpha value is -4.02. The lowest BCUT2D eigenvalue weighted by Crippen LogP contribution is -2.50. The summed E-state index contributed by atoms with van der Waals surface area (Å²) in [6, 6.07) is 6.57. The van der Waals surface area contributed by atoms with Gasteiger partial charge in [-0.2, -0.15) is 0 Å². The minimum atomic E-state index is -2.39. The monoisotopic (exact) mass is 638 g/mol. The third-order valence-electron chi connectivity index (χ3n) is 6.98. The fourth-order valence-electron chi connectivity index (χ4n) is 4.62. The van der Waals surface area contributed by atoms with Gasteiger partial charge < -0.3 is 39.2 Å². The maximum absolute atomic E-state index is 13.1. The zero-order valence-electron chi connectivity index (χ0n) is 24.6. The van der Waals surface area contributed by atoms with Crippen molar-refractivity contribution >= 4 is 40.8 Å². The van der Waals surface area contributed by atoms with Crippen LogP contribution in [0.3, 0.4) is 0 Å². The summed E-state index contributed by atoms with van der Waals surface area (Å²) >= 11 is -2.39. The molecule has 0 saturated carbocycles. The van der Waals surface area contributed by atoms with Crippen LogP contribution < -0.4 is 14.8 Å². The number of anilines is 1. The minimum Gasteiger partial charge on any atom is -0.755 e. The minimum absolute atomic E-state index is 0.106. The molecule has 15 nitrogen and oxygen atoms in total. The van der Waals surface area contributed by atoms with E-state index in [9.17, 15) is 43.3 Å². The molecule has 0 spiro atoms. The van der Waals surface area contributed by atoms with E-state index in [0.717, 1.165) is 25.9 Å². The van der Waals surface area contributed by atoms with Crippen molar-refractivity contribution in [2.75, 3.05) is 24.4 Å². The number of carboxylic acid groups (broad SMARTS) is 3. The number of imidazole rings is 1. The molecule has 0 aliphatic carbocycles. The molecule has 244 valence electrons. The molecule has 1 unspecified atom stereocenters. The van der Waals surface area contributed by atoms with E-state index in [4.69, 9.17) is 4.74 Å². The molecule has 2 aromatic rings. The summed E-state index contributed by atoms with van der Waals surface area (Å²) in [7, 11) is 0. The van der Waals surface area contributed by atoms with Crippen molar-refractivity contribution in [2.24, 2.45) is 0 Å². The predicted octanol–water partition coefficient (Wildman–Crippen LogP) is 2.22. The van der Waals surface area contributed by atoms with E-state index in [-0.39, 0.29) is 45.1 Å². The van der Waals surface area contributed by atoms with Gasteiger partial charge in [0, 0.05) is 54.1 Å². The molecule has 5 N–H and O–H groups in total. The fourth-order valence-corrected chi connectivity index (χ4v) is 4.95. The molecule has 2 rings (SSSR count). The first-order valence-electron chi connectivity index (χ1n) is 14.2. The van der Waals surface area contributed by atoms with Crippen LogP contribution in [0.5, 0.6) is 5.75 Å². The molecule has 44 heavy (non-hydrogen) atoms. The normalized spacial score (nSPS) is 12.1. The first kappa shape index (κ1) is 36.2. The molecule has 0 aliphatic heterocycles. The summed E-state index contributed by atoms with van der Waals surface area (Å²) < 4.78 is 31.0. The number of hydrogen-bond acceptors (Lipinski definition) is 9. The fraction of sp³-hybridized carbons (Fsp3) is 0.536. The second-order valence-electron chi connectivity index (χ2n) is 10.3. The third-order valence-corrected chi connectivity index (χ3v) is 7.38. The Morgan fingerprint density at radius 2 is 1.59 bits per heavy atom. The lowest BCUT2D eigenvalue weighted by molar-refractivity contribution is -0.139. The van der Waals surface area contributed by atoms with Crippen molar-refractivity contribution in [1.29, 1.82) is 0 Å². The zero-order valence-corrected chi connectivity index (χ0v) is 25.4. The second kappa shape index (κ2) is 18.6. The summed E-state index contributed by atoms with van der Waals surface area (Å²) in [5.74, 6) is -2.67. The first-order valence-corrected chi connectivity index (χ1v) is 15.3. The van der Waals surface area contributed by atoms with Crippen LogP contribution >= 0.6 is 0 Å². The van der Waals surface area contributed by atoms with Gasteiger partial charge in [-0.1, -0.05) is 6.92 Å². The number of carboxylic acids is 3. The van der Waals surface area contributed by atoms with Gasteiger partial charge in [-0.05, 0) is 69.5 Å². The van der Waals surface area contributed by atoms with Gasteiger partial charge in [0.05, 0.1) is 13.2 Å². The standard InChI is InChI=1S/C28H41N5O10S/c1-2-32(16-3-4-18-43-22-7-5-21(6-8-22)31-44(41)42)19-23-29-15-17-33(23)20-24(34)30-28(12-9-25(35)36,13-10-26(37)38)14-11-27(39)40/h5-8,15,17,31H,2-4,9-14,16,18-20H2,1H3,(H,30,34)(H,35,36)(H,37,38)(H,39,40)(H,41,42)/p-1. The van der Waals surface area contributed by atoms with E-state index in [1.54, 1.807) is 41.2 Å². The molecule has 1 heterocycles. The van der Waals surface area contributed by atoms with Gasteiger partial charge in [0.1, 0.15) is 18.1 Å². The number of aliphatic carboxylic acids is 3. The SMILES string of the molecule is CCN(CCCCOc1ccc(NS(=O)[O-])cc1)Cc1nccn1CC(=O)NC(CCC(=O)O)(CCC(=O)O)CCC(=O)O. The van der Waals surface area contributed by atoms with E-state index in [0.29, 0.717) is 30.4 Å². The highest BCUT2D eigenvalue weighted by molar-refractivity contribution is 7.80. The van der Waals surface area contributed by atoms with Crippen molar-refractivity contribution in [3.8, 4) is 5.75 Å². The largest absolute Gasteiger partial charge is 0.755 e. The third kappa shape index (κ3) is 14.0. The molecule has 16 heteroatoms. The molecule has 0 saturated heterocycles. The smallest absolute Gasteiger partial charge is 0.303 e. The second-order valence-corrected chi connectivity index (χ2v) is 10.9. The number of hydrogen-bond donors (Lipinski definition) is 5. The zero-order chi connectivity index (χ0) is 32.5. The lowest BCUT2D eigenvalue weighted by Gasteiger charge is -2.34. The van der Waals surface area contributed by atoms with Crippen molar-refractivity contribution < 1.29 is 48.0 Å². The Morgan fingerprint density at radius 3 is 2.11 bits per heavy atom. The Balaban J connectivity index is 1.93. The average molecular weight is 639 g/mol. The van der Waals surface area contributed by atoms with Crippen molar-refractivity contribution in [1.82, 2.24) is 19.8 Å². The van der Waals surface area contributed by atoms with Gasteiger partial charge >= 0.3 is 17.9 Å². The molecule has 0 fully saturated rings. The van der Waals surface area contributed by atoms with Crippen LogP contribution in [0.15, 0.2) is 36.7 Å². The van der Waals surface area contributed by atoms with Crippen LogP contribution in [0.4, 0.5) is 5.69 Å². The van der Waals surface area contributed by atoms with Crippen molar-refractivity contribution in [2.45, 2.75) is 76.9 Å². The van der Waals surface area contributed by atoms with Crippen LogP contribution in [-0.4, -0.2) is 87.6 Å². The molecule has 1 atom stereocenters. The lowest BCUT2D eigenvalue weighted by atomic mass is 9.83. The molecule has 1 aromatic heterocycles. The highest BCUT2D eigenvalue weighted by Crippen LogP contribution is 2.26. The number of nitrogens with zero attached hydrogens (tertiary/aromatic N) is 3. The highest BCUT2D eigenvalue weighted by Gasteiger charge is 2.33. The quantitative estimate of drug-likeness (QED) is 0.0873. The number of rotatable bonds is 23. The Labute approximate surface area is 258 Å². The van der Waals surface area contributed by atoms with E-state index < -0.39 is 40.6 Å². The molecule has 0 radical (unpaired) electrons. The number of carbonyl (C=O) groups is 4. The van der Waals surface area contributed by atoms with Gasteiger partial charge in [0.15, 0.2) is 0 Å². The number of amides is 1. The van der Waals surface area contributed by atoms with E-state index in [1.165, 1.54) is 0 Å². The van der Waals surface area contributed by atoms with Crippen molar-refractivity contribution in [3.05, 3.63) is 42.5 Å². The van der Waals surface area contributed by atoms with Gasteiger partial charge in [0.2, 0.25) is 5.91 Å². The number of nitrogens with one attached hydrogen (secondary N) is 2. The van der Waals surface area contributed by atoms with E-state index in [1.807, 2.05) is 6.92 Å². The Kier molecular flexibility index (Phi) is 15.3. The van der Waals surface area contributed by atoms with Gasteiger partial charge in [-0.15, -0.1) is 0 Å². The number of ether oxygens (including phenoxy) is 1.